The highest BCUT2D eigenvalue weighted by Crippen LogP contribution is 2.19. The minimum absolute atomic E-state index is 0.0766. The number of ether oxygens (including phenoxy) is 2. The number of hydrogen-bond acceptors (Lipinski definition) is 5. The maximum absolute atomic E-state index is 12.7. The topological polar surface area (TPSA) is 101 Å². The molecule has 8 heteroatoms. The van der Waals surface area contributed by atoms with E-state index in [-0.39, 0.29) is 29.7 Å². The summed E-state index contributed by atoms with van der Waals surface area (Å²) in [6.07, 6.45) is 3.99. The second-order valence-corrected chi connectivity index (χ2v) is 7.30. The summed E-state index contributed by atoms with van der Waals surface area (Å²) in [5, 5.41) is 2.90. The van der Waals surface area contributed by atoms with Crippen molar-refractivity contribution in [3.8, 4) is 0 Å². The molecule has 1 saturated heterocycles. The van der Waals surface area contributed by atoms with Crippen molar-refractivity contribution in [2.75, 3.05) is 33.9 Å². The van der Waals surface area contributed by atoms with Crippen molar-refractivity contribution in [1.29, 1.82) is 0 Å². The Morgan fingerprint density at radius 2 is 2.11 bits per heavy atom. The largest absolute Gasteiger partial charge is 0.379 e. The number of H-pyrrole nitrogens is 1. The van der Waals surface area contributed by atoms with Gasteiger partial charge in [0.1, 0.15) is 18.3 Å². The molecule has 2 aliphatic rings. The molecule has 2 amide bonds. The minimum Gasteiger partial charge on any atom is -0.379 e. The number of aromatic amines is 1. The van der Waals surface area contributed by atoms with Crippen molar-refractivity contribution in [3.05, 3.63) is 33.2 Å². The molecule has 1 aliphatic carbocycles. The highest BCUT2D eigenvalue weighted by molar-refractivity contribution is 5.94. The lowest BCUT2D eigenvalue weighted by molar-refractivity contribution is -0.140. The summed E-state index contributed by atoms with van der Waals surface area (Å²) in [4.78, 5) is 41.1. The number of nitrogens with one attached hydrogen (secondary N) is 2. The lowest BCUT2D eigenvalue weighted by Crippen LogP contribution is -2.51. The van der Waals surface area contributed by atoms with Gasteiger partial charge in [0.15, 0.2) is 0 Å². The van der Waals surface area contributed by atoms with Crippen LogP contribution in [0.1, 0.15) is 40.9 Å². The zero-order chi connectivity index (χ0) is 19.4. The average Bonchev–Trinajstić information content (AvgIpc) is 2.66. The molecule has 0 unspecified atom stereocenters. The summed E-state index contributed by atoms with van der Waals surface area (Å²) in [6.45, 7) is 0.714. The van der Waals surface area contributed by atoms with Crippen LogP contribution >= 0.6 is 0 Å². The summed E-state index contributed by atoms with van der Waals surface area (Å²) in [6, 6.07) is 1.41. The number of aryl methyl sites for hydroxylation is 2. The number of fused-ring (bicyclic) bond motifs is 1. The van der Waals surface area contributed by atoms with E-state index in [9.17, 15) is 14.4 Å². The van der Waals surface area contributed by atoms with E-state index in [0.717, 1.165) is 36.9 Å². The number of hydrogen-bond donors (Lipinski definition) is 2. The van der Waals surface area contributed by atoms with Gasteiger partial charge in [-0.1, -0.05) is 0 Å². The zero-order valence-electron chi connectivity index (χ0n) is 15.9. The van der Waals surface area contributed by atoms with E-state index in [4.69, 9.17) is 9.47 Å². The summed E-state index contributed by atoms with van der Waals surface area (Å²) in [5.41, 5.74) is 1.75. The molecular weight excluding hydrogens is 350 g/mol. The van der Waals surface area contributed by atoms with Crippen molar-refractivity contribution < 1.29 is 19.1 Å². The van der Waals surface area contributed by atoms with Crippen molar-refractivity contribution in [1.82, 2.24) is 15.2 Å². The Labute approximate surface area is 158 Å². The van der Waals surface area contributed by atoms with E-state index < -0.39 is 12.0 Å². The Morgan fingerprint density at radius 1 is 1.33 bits per heavy atom. The van der Waals surface area contributed by atoms with Gasteiger partial charge in [-0.05, 0) is 43.7 Å². The minimum atomic E-state index is -0.427. The predicted octanol–water partition coefficient (Wildman–Crippen LogP) is 0.246. The molecule has 0 radical (unpaired) electrons. The van der Waals surface area contributed by atoms with Gasteiger partial charge >= 0.3 is 0 Å². The molecule has 27 heavy (non-hydrogen) atoms. The molecule has 8 nitrogen and oxygen atoms in total. The lowest BCUT2D eigenvalue weighted by Gasteiger charge is -2.32. The average molecular weight is 377 g/mol. The normalized spacial score (nSPS) is 22.0. The molecule has 1 fully saturated rings. The van der Waals surface area contributed by atoms with Gasteiger partial charge < -0.3 is 24.7 Å². The number of carbonyl (C=O) groups excluding carboxylic acids is 2. The van der Waals surface area contributed by atoms with E-state index in [0.29, 0.717) is 19.6 Å². The molecule has 148 valence electrons. The highest BCUT2D eigenvalue weighted by atomic mass is 16.5. The summed E-state index contributed by atoms with van der Waals surface area (Å²) >= 11 is 0. The van der Waals surface area contributed by atoms with E-state index in [1.54, 1.807) is 20.2 Å². The van der Waals surface area contributed by atoms with Crippen molar-refractivity contribution in [3.63, 3.8) is 0 Å². The number of rotatable bonds is 5. The molecule has 0 bridgehead atoms. The molecule has 2 N–H and O–H groups in total. The molecule has 1 aliphatic heterocycles. The maximum Gasteiger partial charge on any atom is 0.261 e. The highest BCUT2D eigenvalue weighted by Gasteiger charge is 2.30. The second-order valence-electron chi connectivity index (χ2n) is 7.30. The monoisotopic (exact) mass is 377 g/mol. The first kappa shape index (κ1) is 19.6. The zero-order valence-corrected chi connectivity index (χ0v) is 15.9. The summed E-state index contributed by atoms with van der Waals surface area (Å²) < 4.78 is 11.1. The molecule has 0 aromatic carbocycles. The van der Waals surface area contributed by atoms with Crippen molar-refractivity contribution >= 4 is 11.8 Å². The van der Waals surface area contributed by atoms with Crippen LogP contribution in [0.2, 0.25) is 0 Å². The van der Waals surface area contributed by atoms with Crippen LogP contribution in [0.4, 0.5) is 0 Å². The molecule has 2 heterocycles. The fraction of sp³-hybridized carbons (Fsp3) is 0.632. The smallest absolute Gasteiger partial charge is 0.261 e. The molecule has 3 rings (SSSR count). The van der Waals surface area contributed by atoms with Gasteiger partial charge in [0.05, 0.1) is 12.6 Å². The fourth-order valence-corrected chi connectivity index (χ4v) is 3.44. The lowest BCUT2D eigenvalue weighted by atomic mass is 9.95. The maximum atomic E-state index is 12.7. The number of pyridine rings is 1. The SMILES string of the molecule is CN(C)C(=O)CO[C@@H]1COCC[C@H]1NC(=O)c1cc2c([nH]c1=O)CCCC2. The first-order valence-electron chi connectivity index (χ1n) is 9.41. The Morgan fingerprint density at radius 3 is 2.89 bits per heavy atom. The third-order valence-electron chi connectivity index (χ3n) is 5.12. The number of amides is 2. The third kappa shape index (κ3) is 4.75. The second kappa shape index (κ2) is 8.67. The Kier molecular flexibility index (Phi) is 6.28. The molecule has 0 spiro atoms. The molecule has 2 atom stereocenters. The Hall–Kier alpha value is -2.19. The molecule has 1 aromatic heterocycles. The summed E-state index contributed by atoms with van der Waals surface area (Å²) in [7, 11) is 3.31. The van der Waals surface area contributed by atoms with Gasteiger partial charge in [-0.25, -0.2) is 0 Å². The Balaban J connectivity index is 1.68. The number of aromatic nitrogens is 1. The first-order chi connectivity index (χ1) is 13.0. The van der Waals surface area contributed by atoms with Crippen LogP contribution in [0, 0.1) is 0 Å². The predicted molar refractivity (Wildman–Crippen MR) is 98.8 cm³/mol. The van der Waals surface area contributed by atoms with Crippen LogP contribution in [0.3, 0.4) is 0 Å². The van der Waals surface area contributed by atoms with Gasteiger partial charge in [0, 0.05) is 26.4 Å². The van der Waals surface area contributed by atoms with Crippen LogP contribution in [0.15, 0.2) is 10.9 Å². The van der Waals surface area contributed by atoms with E-state index in [1.165, 1.54) is 4.90 Å². The van der Waals surface area contributed by atoms with Crippen LogP contribution in [0.25, 0.3) is 0 Å². The summed E-state index contributed by atoms with van der Waals surface area (Å²) in [5.74, 6) is -0.569. The van der Waals surface area contributed by atoms with Crippen LogP contribution in [0.5, 0.6) is 0 Å². The van der Waals surface area contributed by atoms with Crippen LogP contribution < -0.4 is 10.9 Å². The van der Waals surface area contributed by atoms with Gasteiger partial charge in [-0.3, -0.25) is 14.4 Å². The van der Waals surface area contributed by atoms with Gasteiger partial charge in [0.2, 0.25) is 5.91 Å². The van der Waals surface area contributed by atoms with Gasteiger partial charge in [-0.15, -0.1) is 0 Å². The van der Waals surface area contributed by atoms with Crippen molar-refractivity contribution in [2.24, 2.45) is 0 Å². The number of likely N-dealkylation sites (N-methyl/N-ethyl adjacent to an activating group) is 1. The van der Waals surface area contributed by atoms with E-state index in [1.807, 2.05) is 0 Å². The quantitative estimate of drug-likeness (QED) is 0.766. The van der Waals surface area contributed by atoms with E-state index in [2.05, 4.69) is 10.3 Å². The van der Waals surface area contributed by atoms with Crippen LogP contribution in [-0.4, -0.2) is 67.8 Å². The Bertz CT molecular complexity index is 758. The number of nitrogens with zero attached hydrogens (tertiary/aromatic N) is 1. The first-order valence-corrected chi connectivity index (χ1v) is 9.41. The van der Waals surface area contributed by atoms with Gasteiger partial charge in [0.25, 0.3) is 11.5 Å². The molecular formula is C19H27N3O5. The van der Waals surface area contributed by atoms with E-state index >= 15 is 0 Å². The van der Waals surface area contributed by atoms with Crippen molar-refractivity contribution in [2.45, 2.75) is 44.2 Å². The van der Waals surface area contributed by atoms with Gasteiger partial charge in [-0.2, -0.15) is 0 Å². The van der Waals surface area contributed by atoms with Crippen LogP contribution in [-0.2, 0) is 27.1 Å². The number of carbonyl (C=O) groups is 2. The molecule has 0 saturated carbocycles. The molecule has 1 aromatic rings. The standard InChI is InChI=1S/C19H27N3O5/c1-22(2)17(23)11-27-16-10-26-8-7-15(16)21-19(25)13-9-12-5-3-4-6-14(12)20-18(13)24/h9,15-16H,3-8,10-11H2,1-2H3,(H,20,24)(H,21,25)/t15-,16-/m1/s1. The fourth-order valence-electron chi connectivity index (χ4n) is 3.44. The third-order valence-corrected chi connectivity index (χ3v) is 5.12.